The molecule has 3 rings (SSSR count). The Bertz CT molecular complexity index is 848. The van der Waals surface area contributed by atoms with Crippen molar-refractivity contribution in [2.75, 3.05) is 32.8 Å². The maximum Gasteiger partial charge on any atom is 0.311 e. The summed E-state index contributed by atoms with van der Waals surface area (Å²) >= 11 is 0.654. The molecule has 0 spiro atoms. The number of amides is 3. The van der Waals surface area contributed by atoms with Crippen molar-refractivity contribution in [1.82, 2.24) is 9.80 Å². The van der Waals surface area contributed by atoms with Crippen molar-refractivity contribution in [3.8, 4) is 5.75 Å². The van der Waals surface area contributed by atoms with Gasteiger partial charge in [0, 0.05) is 19.2 Å². The molecule has 3 amide bonds. The molecule has 0 unspecified atom stereocenters. The second kappa shape index (κ2) is 7.76. The Morgan fingerprint density at radius 2 is 2.04 bits per heavy atom. The van der Waals surface area contributed by atoms with Crippen LogP contribution < -0.4 is 0 Å². The number of morpholine rings is 1. The first kappa shape index (κ1) is 18.9. The number of carbonyl (C=O) groups excluding carboxylic acids is 3. The van der Waals surface area contributed by atoms with Gasteiger partial charge in [-0.3, -0.25) is 29.4 Å². The molecule has 1 N–H and O–H groups in total. The van der Waals surface area contributed by atoms with E-state index < -0.39 is 27.5 Å². The van der Waals surface area contributed by atoms with Crippen molar-refractivity contribution in [2.24, 2.45) is 0 Å². The first-order valence-corrected chi connectivity index (χ1v) is 8.77. The molecular weight excluding hydrogens is 378 g/mol. The molecule has 11 heteroatoms. The number of benzene rings is 1. The highest BCUT2D eigenvalue weighted by Gasteiger charge is 2.37. The summed E-state index contributed by atoms with van der Waals surface area (Å²) in [6.45, 7) is 1.27. The fourth-order valence-corrected chi connectivity index (χ4v) is 3.45. The summed E-state index contributed by atoms with van der Waals surface area (Å²) < 4.78 is 5.16. The number of hydrogen-bond acceptors (Lipinski definition) is 8. The molecule has 2 fully saturated rings. The van der Waals surface area contributed by atoms with E-state index in [0.29, 0.717) is 38.1 Å². The lowest BCUT2D eigenvalue weighted by molar-refractivity contribution is -0.385. The van der Waals surface area contributed by atoms with Gasteiger partial charge in [0.15, 0.2) is 5.75 Å². The zero-order valence-electron chi connectivity index (χ0n) is 14.0. The quantitative estimate of drug-likeness (QED) is 0.459. The first-order chi connectivity index (χ1) is 12.9. The molecule has 10 nitrogen and oxygen atoms in total. The van der Waals surface area contributed by atoms with Gasteiger partial charge in [-0.2, -0.15) is 0 Å². The molecule has 1 aromatic carbocycles. The van der Waals surface area contributed by atoms with E-state index in [9.17, 15) is 29.6 Å². The monoisotopic (exact) mass is 393 g/mol. The van der Waals surface area contributed by atoms with Crippen molar-refractivity contribution in [1.29, 1.82) is 0 Å². The minimum absolute atomic E-state index is 0.0507. The van der Waals surface area contributed by atoms with Crippen LogP contribution in [0.15, 0.2) is 23.1 Å². The maximum absolute atomic E-state index is 12.5. The van der Waals surface area contributed by atoms with Gasteiger partial charge in [0.25, 0.3) is 11.1 Å². The smallest absolute Gasteiger partial charge is 0.311 e. The van der Waals surface area contributed by atoms with E-state index in [2.05, 4.69) is 0 Å². The Morgan fingerprint density at radius 1 is 1.33 bits per heavy atom. The van der Waals surface area contributed by atoms with Crippen molar-refractivity contribution >= 4 is 40.6 Å². The molecule has 0 bridgehead atoms. The SMILES string of the molecule is O=C(CN1C(=O)S/C(=C\c2ccc(O)c([N+](=O)[O-])c2)C1=O)N1CCOCC1. The third-order valence-electron chi connectivity index (χ3n) is 4.02. The maximum atomic E-state index is 12.5. The summed E-state index contributed by atoms with van der Waals surface area (Å²) in [6.07, 6.45) is 1.32. The van der Waals surface area contributed by atoms with Crippen molar-refractivity contribution < 1.29 is 29.2 Å². The number of imide groups is 1. The molecule has 2 aliphatic rings. The topological polar surface area (TPSA) is 130 Å². The summed E-state index contributed by atoms with van der Waals surface area (Å²) in [5.74, 6) is -1.48. The molecular formula is C16H15N3O7S. The van der Waals surface area contributed by atoms with E-state index in [1.54, 1.807) is 0 Å². The number of ether oxygens (including phenoxy) is 1. The van der Waals surface area contributed by atoms with Gasteiger partial charge in [-0.1, -0.05) is 6.07 Å². The third-order valence-corrected chi connectivity index (χ3v) is 4.93. The molecule has 0 aromatic heterocycles. The molecule has 2 aliphatic heterocycles. The normalized spacial score (nSPS) is 19.0. The molecule has 0 radical (unpaired) electrons. The van der Waals surface area contributed by atoms with Crippen LogP contribution in [0.2, 0.25) is 0 Å². The van der Waals surface area contributed by atoms with E-state index in [-0.39, 0.29) is 22.9 Å². The number of aromatic hydroxyl groups is 1. The average Bonchev–Trinajstić information content (AvgIpc) is 2.91. The molecule has 2 saturated heterocycles. The van der Waals surface area contributed by atoms with Gasteiger partial charge in [-0.15, -0.1) is 0 Å². The molecule has 0 saturated carbocycles. The van der Waals surface area contributed by atoms with Crippen LogP contribution in [0, 0.1) is 10.1 Å². The Labute approximate surface area is 157 Å². The number of nitro groups is 1. The average molecular weight is 393 g/mol. The Kier molecular flexibility index (Phi) is 5.42. The van der Waals surface area contributed by atoms with Crippen LogP contribution in [0.4, 0.5) is 10.5 Å². The molecule has 142 valence electrons. The van der Waals surface area contributed by atoms with Gasteiger partial charge in [0.1, 0.15) is 6.54 Å². The largest absolute Gasteiger partial charge is 0.502 e. The predicted molar refractivity (Wildman–Crippen MR) is 94.8 cm³/mol. The molecule has 0 aliphatic carbocycles. The number of rotatable bonds is 4. The summed E-state index contributed by atoms with van der Waals surface area (Å²) in [5, 5.41) is 19.8. The van der Waals surface area contributed by atoms with Crippen molar-refractivity contribution in [3.05, 3.63) is 38.8 Å². The Balaban J connectivity index is 1.75. The molecule has 27 heavy (non-hydrogen) atoms. The molecule has 2 heterocycles. The summed E-state index contributed by atoms with van der Waals surface area (Å²) in [7, 11) is 0. The van der Waals surface area contributed by atoms with E-state index >= 15 is 0 Å². The van der Waals surface area contributed by atoms with E-state index in [1.165, 1.54) is 17.0 Å². The van der Waals surface area contributed by atoms with Gasteiger partial charge in [0.05, 0.1) is 23.0 Å². The lowest BCUT2D eigenvalue weighted by Crippen LogP contribution is -2.46. The zero-order valence-corrected chi connectivity index (χ0v) is 14.8. The number of hydrogen-bond donors (Lipinski definition) is 1. The number of thioether (sulfide) groups is 1. The number of nitrogens with zero attached hydrogens (tertiary/aromatic N) is 3. The van der Waals surface area contributed by atoms with Gasteiger partial charge < -0.3 is 14.7 Å². The van der Waals surface area contributed by atoms with Crippen LogP contribution in [0.5, 0.6) is 5.75 Å². The highest BCUT2D eigenvalue weighted by Crippen LogP contribution is 2.34. The second-order valence-electron chi connectivity index (χ2n) is 5.77. The number of phenolic OH excluding ortho intramolecular Hbond substituents is 1. The Morgan fingerprint density at radius 3 is 2.70 bits per heavy atom. The standard InChI is InChI=1S/C16H15N3O7S/c20-12-2-1-10(7-11(12)19(24)25)8-13-15(22)18(16(23)27-13)9-14(21)17-3-5-26-6-4-17/h1-2,7-8,20H,3-6,9H2/b13-8-. The van der Waals surface area contributed by atoms with Crippen LogP contribution in [-0.4, -0.2) is 69.7 Å². The fraction of sp³-hybridized carbons (Fsp3) is 0.312. The number of nitro benzene ring substituents is 1. The van der Waals surface area contributed by atoms with Gasteiger partial charge >= 0.3 is 5.69 Å². The van der Waals surface area contributed by atoms with Gasteiger partial charge in [-0.05, 0) is 29.5 Å². The van der Waals surface area contributed by atoms with E-state index in [4.69, 9.17) is 4.74 Å². The molecule has 0 atom stereocenters. The summed E-state index contributed by atoms with van der Waals surface area (Å²) in [4.78, 5) is 49.4. The van der Waals surface area contributed by atoms with Crippen molar-refractivity contribution in [3.63, 3.8) is 0 Å². The minimum Gasteiger partial charge on any atom is -0.502 e. The van der Waals surface area contributed by atoms with Gasteiger partial charge in [-0.25, -0.2) is 0 Å². The van der Waals surface area contributed by atoms with Crippen molar-refractivity contribution in [2.45, 2.75) is 0 Å². The van der Waals surface area contributed by atoms with Crippen LogP contribution in [0.1, 0.15) is 5.56 Å². The summed E-state index contributed by atoms with van der Waals surface area (Å²) in [6, 6.07) is 3.62. The number of carbonyl (C=O) groups is 3. The third kappa shape index (κ3) is 4.09. The van der Waals surface area contributed by atoms with E-state index in [0.717, 1.165) is 17.0 Å². The minimum atomic E-state index is -0.751. The summed E-state index contributed by atoms with van der Waals surface area (Å²) in [5.41, 5.74) is -0.227. The predicted octanol–water partition coefficient (Wildman–Crippen LogP) is 1.20. The second-order valence-corrected chi connectivity index (χ2v) is 6.76. The lowest BCUT2D eigenvalue weighted by Gasteiger charge is -2.28. The fourth-order valence-electron chi connectivity index (χ4n) is 2.61. The van der Waals surface area contributed by atoms with Gasteiger partial charge in [0.2, 0.25) is 5.91 Å². The van der Waals surface area contributed by atoms with Crippen LogP contribution in [0.25, 0.3) is 6.08 Å². The Hall–Kier alpha value is -2.92. The van der Waals surface area contributed by atoms with Crippen LogP contribution in [0.3, 0.4) is 0 Å². The lowest BCUT2D eigenvalue weighted by atomic mass is 10.1. The highest BCUT2D eigenvalue weighted by molar-refractivity contribution is 8.18. The number of phenols is 1. The van der Waals surface area contributed by atoms with Crippen LogP contribution >= 0.6 is 11.8 Å². The van der Waals surface area contributed by atoms with Crippen LogP contribution in [-0.2, 0) is 14.3 Å². The molecule has 1 aromatic rings. The first-order valence-electron chi connectivity index (χ1n) is 7.95. The van der Waals surface area contributed by atoms with E-state index in [1.807, 2.05) is 0 Å². The zero-order chi connectivity index (χ0) is 19.6. The highest BCUT2D eigenvalue weighted by atomic mass is 32.2.